The molecule has 0 spiro atoms. The average molecular weight is 250 g/mol. The number of rotatable bonds is 3. The molecule has 0 aliphatic carbocycles. The molecule has 0 atom stereocenters. The molecule has 98 valence electrons. The normalized spacial score (nSPS) is 10.9. The lowest BCUT2D eigenvalue weighted by atomic mass is 9.95. The van der Waals surface area contributed by atoms with Gasteiger partial charge in [0.15, 0.2) is 0 Å². The van der Waals surface area contributed by atoms with Gasteiger partial charge in [-0.15, -0.1) is 0 Å². The fourth-order valence-corrected chi connectivity index (χ4v) is 1.30. The van der Waals surface area contributed by atoms with E-state index in [9.17, 15) is 9.59 Å². The minimum atomic E-state index is -0.598. The summed E-state index contributed by atoms with van der Waals surface area (Å²) in [4.78, 5) is 23.1. The van der Waals surface area contributed by atoms with E-state index in [0.717, 1.165) is 0 Å². The molecule has 0 aliphatic heterocycles. The van der Waals surface area contributed by atoms with Gasteiger partial charge in [-0.3, -0.25) is 9.59 Å². The van der Waals surface area contributed by atoms with Crippen molar-refractivity contribution in [1.82, 2.24) is 0 Å². The number of carbonyl (C=O) groups is 2. The first-order chi connectivity index (χ1) is 8.25. The number of methoxy groups -OCH3 is 1. The lowest BCUT2D eigenvalue weighted by molar-refractivity contribution is -0.123. The summed E-state index contributed by atoms with van der Waals surface area (Å²) in [6.45, 7) is 5.42. The molecule has 0 heterocycles. The Hall–Kier alpha value is -2.04. The minimum Gasteiger partial charge on any atom is -0.496 e. The first-order valence-electron chi connectivity index (χ1n) is 5.55. The third-order valence-corrected chi connectivity index (χ3v) is 2.40. The number of primary amides is 1. The van der Waals surface area contributed by atoms with Gasteiger partial charge in [-0.05, 0) is 18.2 Å². The van der Waals surface area contributed by atoms with Gasteiger partial charge in [-0.2, -0.15) is 0 Å². The van der Waals surface area contributed by atoms with E-state index in [1.54, 1.807) is 32.9 Å². The van der Waals surface area contributed by atoms with Crippen molar-refractivity contribution in [3.05, 3.63) is 23.8 Å². The SMILES string of the molecule is COc1ccc(NC(=O)C(C)(C)C)cc1C(N)=O. The topological polar surface area (TPSA) is 81.4 Å². The molecule has 3 N–H and O–H groups in total. The number of carbonyl (C=O) groups excluding carboxylic acids is 2. The second-order valence-corrected chi connectivity index (χ2v) is 4.98. The van der Waals surface area contributed by atoms with Crippen molar-refractivity contribution in [2.75, 3.05) is 12.4 Å². The van der Waals surface area contributed by atoms with Gasteiger partial charge < -0.3 is 15.8 Å². The Morgan fingerprint density at radius 3 is 2.33 bits per heavy atom. The Morgan fingerprint density at radius 2 is 1.89 bits per heavy atom. The van der Waals surface area contributed by atoms with E-state index in [1.165, 1.54) is 13.2 Å². The molecule has 0 aromatic heterocycles. The summed E-state index contributed by atoms with van der Waals surface area (Å²) in [5.74, 6) is -0.349. The molecule has 0 saturated carbocycles. The van der Waals surface area contributed by atoms with Gasteiger partial charge in [0.2, 0.25) is 5.91 Å². The highest BCUT2D eigenvalue weighted by molar-refractivity contribution is 5.99. The predicted molar refractivity (Wildman–Crippen MR) is 69.6 cm³/mol. The smallest absolute Gasteiger partial charge is 0.252 e. The predicted octanol–water partition coefficient (Wildman–Crippen LogP) is 1.78. The van der Waals surface area contributed by atoms with Gasteiger partial charge in [-0.1, -0.05) is 20.8 Å². The van der Waals surface area contributed by atoms with Crippen molar-refractivity contribution >= 4 is 17.5 Å². The maximum Gasteiger partial charge on any atom is 0.252 e. The lowest BCUT2D eigenvalue weighted by Crippen LogP contribution is -2.27. The number of nitrogens with one attached hydrogen (secondary N) is 1. The number of hydrogen-bond donors (Lipinski definition) is 2. The van der Waals surface area contributed by atoms with E-state index in [4.69, 9.17) is 10.5 Å². The van der Waals surface area contributed by atoms with E-state index in [0.29, 0.717) is 11.4 Å². The zero-order valence-corrected chi connectivity index (χ0v) is 11.0. The summed E-state index contributed by atoms with van der Waals surface area (Å²) in [6, 6.07) is 4.76. The minimum absolute atomic E-state index is 0.136. The van der Waals surface area contributed by atoms with Crippen LogP contribution in [0.15, 0.2) is 18.2 Å². The molecule has 18 heavy (non-hydrogen) atoms. The second-order valence-electron chi connectivity index (χ2n) is 4.98. The molecule has 0 saturated heterocycles. The van der Waals surface area contributed by atoms with Gasteiger partial charge in [0.1, 0.15) is 5.75 Å². The van der Waals surface area contributed by atoms with Crippen LogP contribution in [-0.2, 0) is 4.79 Å². The first-order valence-corrected chi connectivity index (χ1v) is 5.55. The van der Waals surface area contributed by atoms with Gasteiger partial charge in [0.25, 0.3) is 5.91 Å². The van der Waals surface area contributed by atoms with Crippen molar-refractivity contribution in [2.45, 2.75) is 20.8 Å². The second kappa shape index (κ2) is 5.08. The Balaban J connectivity index is 3.03. The van der Waals surface area contributed by atoms with Gasteiger partial charge >= 0.3 is 0 Å². The number of amides is 2. The molecule has 1 aromatic carbocycles. The van der Waals surface area contributed by atoms with E-state index in [-0.39, 0.29) is 11.5 Å². The Kier molecular flexibility index (Phi) is 3.96. The summed E-state index contributed by atoms with van der Waals surface area (Å²) >= 11 is 0. The molecule has 0 radical (unpaired) electrons. The molecule has 5 nitrogen and oxygen atoms in total. The van der Waals surface area contributed by atoms with Crippen molar-refractivity contribution in [3.63, 3.8) is 0 Å². The molecule has 0 unspecified atom stereocenters. The highest BCUT2D eigenvalue weighted by atomic mass is 16.5. The standard InChI is InChI=1S/C13H18N2O3/c1-13(2,3)12(17)15-8-5-6-10(18-4)9(7-8)11(14)16/h5-7H,1-4H3,(H2,14,16)(H,15,17). The monoisotopic (exact) mass is 250 g/mol. The van der Waals surface area contributed by atoms with E-state index >= 15 is 0 Å². The number of ether oxygens (including phenoxy) is 1. The van der Waals surface area contributed by atoms with Crippen molar-refractivity contribution in [2.24, 2.45) is 11.1 Å². The highest BCUT2D eigenvalue weighted by Crippen LogP contribution is 2.24. The average Bonchev–Trinajstić information content (AvgIpc) is 2.27. The van der Waals surface area contributed by atoms with Crippen LogP contribution in [0.25, 0.3) is 0 Å². The van der Waals surface area contributed by atoms with Crippen LogP contribution < -0.4 is 15.8 Å². The Bertz CT molecular complexity index is 476. The van der Waals surface area contributed by atoms with Crippen LogP contribution in [0, 0.1) is 5.41 Å². The third-order valence-electron chi connectivity index (χ3n) is 2.40. The number of nitrogens with two attached hydrogens (primary N) is 1. The van der Waals surface area contributed by atoms with Crippen molar-refractivity contribution in [1.29, 1.82) is 0 Å². The maximum absolute atomic E-state index is 11.8. The quantitative estimate of drug-likeness (QED) is 0.857. The van der Waals surface area contributed by atoms with Gasteiger partial charge in [0, 0.05) is 11.1 Å². The fraction of sp³-hybridized carbons (Fsp3) is 0.385. The van der Waals surface area contributed by atoms with Crippen molar-refractivity contribution < 1.29 is 14.3 Å². The molecule has 2 amide bonds. The lowest BCUT2D eigenvalue weighted by Gasteiger charge is -2.18. The summed E-state index contributed by atoms with van der Waals surface area (Å²) < 4.78 is 5.02. The largest absolute Gasteiger partial charge is 0.496 e. The molecule has 0 aliphatic rings. The summed E-state index contributed by atoms with van der Waals surface area (Å²) in [6.07, 6.45) is 0. The molecule has 1 aromatic rings. The highest BCUT2D eigenvalue weighted by Gasteiger charge is 2.21. The number of anilines is 1. The van der Waals surface area contributed by atoms with Crippen LogP contribution in [0.5, 0.6) is 5.75 Å². The molecular formula is C13H18N2O3. The van der Waals surface area contributed by atoms with Crippen LogP contribution in [0.4, 0.5) is 5.69 Å². The number of hydrogen-bond acceptors (Lipinski definition) is 3. The van der Waals surface area contributed by atoms with Crippen LogP contribution in [0.1, 0.15) is 31.1 Å². The van der Waals surface area contributed by atoms with Gasteiger partial charge in [-0.25, -0.2) is 0 Å². The summed E-state index contributed by atoms with van der Waals surface area (Å²) in [5, 5.41) is 2.73. The fourth-order valence-electron chi connectivity index (χ4n) is 1.30. The van der Waals surface area contributed by atoms with E-state index in [2.05, 4.69) is 5.32 Å². The maximum atomic E-state index is 11.8. The Morgan fingerprint density at radius 1 is 1.28 bits per heavy atom. The number of benzene rings is 1. The molecule has 0 fully saturated rings. The zero-order chi connectivity index (χ0) is 13.9. The molecule has 5 heteroatoms. The third kappa shape index (κ3) is 3.23. The van der Waals surface area contributed by atoms with Crippen LogP contribution in [0.3, 0.4) is 0 Å². The molecular weight excluding hydrogens is 232 g/mol. The van der Waals surface area contributed by atoms with Crippen LogP contribution in [-0.4, -0.2) is 18.9 Å². The zero-order valence-electron chi connectivity index (χ0n) is 11.0. The molecule has 0 bridgehead atoms. The van der Waals surface area contributed by atoms with Crippen LogP contribution in [0.2, 0.25) is 0 Å². The first kappa shape index (κ1) is 14.0. The van der Waals surface area contributed by atoms with Crippen molar-refractivity contribution in [3.8, 4) is 5.75 Å². The molecule has 1 rings (SSSR count). The van der Waals surface area contributed by atoms with Crippen LogP contribution >= 0.6 is 0 Å². The Labute approximate surface area is 106 Å². The summed E-state index contributed by atoms with van der Waals surface area (Å²) in [5.41, 5.74) is 5.49. The summed E-state index contributed by atoms with van der Waals surface area (Å²) in [7, 11) is 1.45. The van der Waals surface area contributed by atoms with Gasteiger partial charge in [0.05, 0.1) is 12.7 Å². The van der Waals surface area contributed by atoms with E-state index < -0.39 is 11.3 Å². The van der Waals surface area contributed by atoms with E-state index in [1.807, 2.05) is 0 Å².